The van der Waals surface area contributed by atoms with E-state index in [9.17, 15) is 0 Å². The Kier molecular flexibility index (Phi) is 3.64. The number of nitrogens with zero attached hydrogens (tertiary/aromatic N) is 1. The molecule has 0 unspecified atom stereocenters. The van der Waals surface area contributed by atoms with Crippen LogP contribution < -0.4 is 0 Å². The first kappa shape index (κ1) is 11.6. The molecule has 0 aliphatic heterocycles. The summed E-state index contributed by atoms with van der Waals surface area (Å²) in [6.07, 6.45) is 2.28. The highest BCUT2D eigenvalue weighted by atomic mass is 79.9. The van der Waals surface area contributed by atoms with Gasteiger partial charge in [-0.25, -0.2) is 4.98 Å². The molecule has 2 rings (SSSR count). The number of hydrogen-bond acceptors (Lipinski definition) is 2. The molecule has 16 heavy (non-hydrogen) atoms. The SMILES string of the molecule is CCC[C@H](C)c1nc2ccc(CBr)cc2o1. The van der Waals surface area contributed by atoms with Crippen LogP contribution in [-0.4, -0.2) is 4.98 Å². The molecule has 0 amide bonds. The molecule has 1 atom stereocenters. The van der Waals surface area contributed by atoms with Crippen molar-refractivity contribution < 1.29 is 4.42 Å². The summed E-state index contributed by atoms with van der Waals surface area (Å²) in [5.41, 5.74) is 3.08. The van der Waals surface area contributed by atoms with E-state index in [0.717, 1.165) is 35.2 Å². The summed E-state index contributed by atoms with van der Waals surface area (Å²) in [5, 5.41) is 0.851. The molecule has 86 valence electrons. The second-order valence-electron chi connectivity index (χ2n) is 4.18. The van der Waals surface area contributed by atoms with E-state index in [0.29, 0.717) is 5.92 Å². The minimum absolute atomic E-state index is 0.407. The maximum Gasteiger partial charge on any atom is 0.198 e. The largest absolute Gasteiger partial charge is 0.440 e. The van der Waals surface area contributed by atoms with Gasteiger partial charge in [0, 0.05) is 11.2 Å². The Hall–Kier alpha value is -0.830. The molecule has 0 saturated carbocycles. The molecule has 0 bridgehead atoms. The molecule has 2 aromatic rings. The lowest BCUT2D eigenvalue weighted by atomic mass is 10.1. The van der Waals surface area contributed by atoms with E-state index in [1.165, 1.54) is 5.56 Å². The average Bonchev–Trinajstić information content (AvgIpc) is 2.71. The molecule has 2 nitrogen and oxygen atoms in total. The number of fused-ring (bicyclic) bond motifs is 1. The fraction of sp³-hybridized carbons (Fsp3) is 0.462. The highest BCUT2D eigenvalue weighted by Gasteiger charge is 2.12. The highest BCUT2D eigenvalue weighted by molar-refractivity contribution is 9.08. The monoisotopic (exact) mass is 281 g/mol. The van der Waals surface area contributed by atoms with Crippen LogP contribution in [0.2, 0.25) is 0 Å². The first-order valence-electron chi connectivity index (χ1n) is 5.70. The first-order valence-corrected chi connectivity index (χ1v) is 6.82. The Morgan fingerprint density at radius 1 is 1.44 bits per heavy atom. The second kappa shape index (κ2) is 5.00. The van der Waals surface area contributed by atoms with Gasteiger partial charge >= 0.3 is 0 Å². The molecule has 0 fully saturated rings. The Morgan fingerprint density at radius 2 is 2.25 bits per heavy atom. The molecular formula is C13H16BrNO. The van der Waals surface area contributed by atoms with E-state index in [1.54, 1.807) is 0 Å². The number of aromatic nitrogens is 1. The predicted molar refractivity (Wildman–Crippen MR) is 70.0 cm³/mol. The van der Waals surface area contributed by atoms with Crippen LogP contribution in [0.15, 0.2) is 22.6 Å². The van der Waals surface area contributed by atoms with Gasteiger partial charge in [0.1, 0.15) is 5.52 Å². The number of oxazole rings is 1. The van der Waals surface area contributed by atoms with Gasteiger partial charge in [0.25, 0.3) is 0 Å². The van der Waals surface area contributed by atoms with Crippen LogP contribution in [0.25, 0.3) is 11.1 Å². The van der Waals surface area contributed by atoms with Gasteiger partial charge in [0.15, 0.2) is 11.5 Å². The first-order chi connectivity index (χ1) is 7.74. The van der Waals surface area contributed by atoms with E-state index in [-0.39, 0.29) is 0 Å². The number of rotatable bonds is 4. The molecule has 1 aromatic carbocycles. The molecule has 0 aliphatic rings. The van der Waals surface area contributed by atoms with Crippen LogP contribution in [0.1, 0.15) is 44.1 Å². The Bertz CT molecular complexity index is 478. The zero-order valence-electron chi connectivity index (χ0n) is 9.66. The van der Waals surface area contributed by atoms with Crippen molar-refractivity contribution in [1.82, 2.24) is 4.98 Å². The third kappa shape index (κ3) is 2.29. The summed E-state index contributed by atoms with van der Waals surface area (Å²) in [6.45, 7) is 4.35. The van der Waals surface area contributed by atoms with Gasteiger partial charge in [-0.05, 0) is 24.1 Å². The van der Waals surface area contributed by atoms with Crippen molar-refractivity contribution in [2.45, 2.75) is 37.9 Å². The molecule has 1 aromatic heterocycles. The number of benzene rings is 1. The topological polar surface area (TPSA) is 26.0 Å². The zero-order chi connectivity index (χ0) is 11.5. The van der Waals surface area contributed by atoms with Crippen LogP contribution in [0.4, 0.5) is 0 Å². The van der Waals surface area contributed by atoms with Crippen LogP contribution >= 0.6 is 15.9 Å². The summed E-state index contributed by atoms with van der Waals surface area (Å²) in [5.74, 6) is 1.27. The quantitative estimate of drug-likeness (QED) is 0.764. The van der Waals surface area contributed by atoms with Gasteiger partial charge in [-0.2, -0.15) is 0 Å². The van der Waals surface area contributed by atoms with Gasteiger partial charge < -0.3 is 4.42 Å². The van der Waals surface area contributed by atoms with Crippen LogP contribution in [0, 0.1) is 0 Å². The van der Waals surface area contributed by atoms with Crippen molar-refractivity contribution in [3.05, 3.63) is 29.7 Å². The number of hydrogen-bond donors (Lipinski definition) is 0. The summed E-state index contributed by atoms with van der Waals surface area (Å²) >= 11 is 3.44. The molecular weight excluding hydrogens is 266 g/mol. The van der Waals surface area contributed by atoms with Crippen molar-refractivity contribution >= 4 is 27.0 Å². The van der Waals surface area contributed by atoms with E-state index in [2.05, 4.69) is 46.9 Å². The molecule has 0 N–H and O–H groups in total. The maximum absolute atomic E-state index is 5.79. The third-order valence-corrected chi connectivity index (χ3v) is 3.41. The molecule has 3 heteroatoms. The minimum Gasteiger partial charge on any atom is -0.440 e. The minimum atomic E-state index is 0.407. The lowest BCUT2D eigenvalue weighted by Gasteiger charge is -2.02. The van der Waals surface area contributed by atoms with E-state index < -0.39 is 0 Å². The average molecular weight is 282 g/mol. The van der Waals surface area contributed by atoms with Gasteiger partial charge in [-0.1, -0.05) is 42.3 Å². The Morgan fingerprint density at radius 3 is 2.94 bits per heavy atom. The van der Waals surface area contributed by atoms with E-state index in [4.69, 9.17) is 4.42 Å². The van der Waals surface area contributed by atoms with Crippen molar-refractivity contribution in [3.63, 3.8) is 0 Å². The van der Waals surface area contributed by atoms with Crippen molar-refractivity contribution in [2.75, 3.05) is 0 Å². The van der Waals surface area contributed by atoms with E-state index >= 15 is 0 Å². The third-order valence-electron chi connectivity index (χ3n) is 2.77. The summed E-state index contributed by atoms with van der Waals surface area (Å²) < 4.78 is 5.79. The molecule has 0 aliphatic carbocycles. The standard InChI is InChI=1S/C13H16BrNO/c1-3-4-9(2)13-15-11-6-5-10(8-14)7-12(11)16-13/h5-7,9H,3-4,8H2,1-2H3/t9-/m0/s1. The fourth-order valence-electron chi connectivity index (χ4n) is 1.84. The van der Waals surface area contributed by atoms with Crippen LogP contribution in [-0.2, 0) is 5.33 Å². The zero-order valence-corrected chi connectivity index (χ0v) is 11.3. The molecule has 0 saturated heterocycles. The van der Waals surface area contributed by atoms with Crippen LogP contribution in [0.3, 0.4) is 0 Å². The van der Waals surface area contributed by atoms with Gasteiger partial charge in [0.05, 0.1) is 0 Å². The number of alkyl halides is 1. The van der Waals surface area contributed by atoms with Crippen molar-refractivity contribution in [2.24, 2.45) is 0 Å². The Balaban J connectivity index is 2.35. The van der Waals surface area contributed by atoms with Gasteiger partial charge in [-0.3, -0.25) is 0 Å². The molecule has 1 heterocycles. The smallest absolute Gasteiger partial charge is 0.198 e. The van der Waals surface area contributed by atoms with Crippen molar-refractivity contribution in [3.8, 4) is 0 Å². The highest BCUT2D eigenvalue weighted by Crippen LogP contribution is 2.25. The predicted octanol–water partition coefficient (Wildman–Crippen LogP) is 4.63. The fourth-order valence-corrected chi connectivity index (χ4v) is 2.19. The van der Waals surface area contributed by atoms with Crippen LogP contribution in [0.5, 0.6) is 0 Å². The number of halogens is 1. The summed E-state index contributed by atoms with van der Waals surface area (Å²) in [6, 6.07) is 6.16. The van der Waals surface area contributed by atoms with E-state index in [1.807, 2.05) is 6.07 Å². The van der Waals surface area contributed by atoms with Gasteiger partial charge in [0.2, 0.25) is 0 Å². The van der Waals surface area contributed by atoms with Gasteiger partial charge in [-0.15, -0.1) is 0 Å². The Labute approximate surface area is 104 Å². The summed E-state index contributed by atoms with van der Waals surface area (Å²) in [7, 11) is 0. The normalized spacial score (nSPS) is 13.2. The summed E-state index contributed by atoms with van der Waals surface area (Å²) in [4.78, 5) is 4.52. The molecule has 0 radical (unpaired) electrons. The second-order valence-corrected chi connectivity index (χ2v) is 4.74. The molecule has 0 spiro atoms. The lowest BCUT2D eigenvalue weighted by molar-refractivity contribution is 0.467. The lowest BCUT2D eigenvalue weighted by Crippen LogP contribution is -1.91. The maximum atomic E-state index is 5.79. The van der Waals surface area contributed by atoms with Crippen molar-refractivity contribution in [1.29, 1.82) is 0 Å².